The van der Waals surface area contributed by atoms with Crippen LogP contribution in [-0.2, 0) is 11.3 Å². The van der Waals surface area contributed by atoms with Crippen molar-refractivity contribution < 1.29 is 14.0 Å². The highest BCUT2D eigenvalue weighted by molar-refractivity contribution is 7.09. The lowest BCUT2D eigenvalue weighted by molar-refractivity contribution is -0.136. The van der Waals surface area contributed by atoms with E-state index in [1.165, 1.54) is 12.5 Å². The van der Waals surface area contributed by atoms with E-state index in [1.54, 1.807) is 27.2 Å². The van der Waals surface area contributed by atoms with Crippen LogP contribution in [-0.4, -0.2) is 46.7 Å². The number of hydrogen-bond donors (Lipinski definition) is 0. The van der Waals surface area contributed by atoms with Gasteiger partial charge in [-0.15, -0.1) is 11.3 Å². The third-order valence-electron chi connectivity index (χ3n) is 4.34. The number of nitrogens with zero attached hydrogens (tertiary/aromatic N) is 3. The van der Waals surface area contributed by atoms with Gasteiger partial charge in [-0.25, -0.2) is 4.98 Å². The van der Waals surface area contributed by atoms with Gasteiger partial charge in [-0.05, 0) is 25.8 Å². The Morgan fingerprint density at radius 3 is 2.75 bits per heavy atom. The molecule has 0 N–H and O–H groups in total. The molecule has 0 unspecified atom stereocenters. The molecule has 7 heteroatoms. The summed E-state index contributed by atoms with van der Waals surface area (Å²) < 4.78 is 4.96. The van der Waals surface area contributed by atoms with Crippen LogP contribution < -0.4 is 0 Å². The molecule has 1 aliphatic rings. The molecule has 6 nitrogen and oxygen atoms in total. The molecule has 0 bridgehead atoms. The lowest BCUT2D eigenvalue weighted by Gasteiger charge is -2.33. The fourth-order valence-corrected chi connectivity index (χ4v) is 3.62. The zero-order chi connectivity index (χ0) is 17.1. The van der Waals surface area contributed by atoms with Gasteiger partial charge in [0, 0.05) is 31.4 Å². The molecular formula is C17H21N3O3S. The smallest absolute Gasteiger partial charge is 0.257 e. The van der Waals surface area contributed by atoms with Crippen molar-refractivity contribution in [1.82, 2.24) is 14.8 Å². The summed E-state index contributed by atoms with van der Waals surface area (Å²) in [6, 6.07) is 1.67. The van der Waals surface area contributed by atoms with Gasteiger partial charge in [0.15, 0.2) is 0 Å². The SMILES string of the molecule is Cc1nc(CN(C)C(=O)C2CCN(C(=O)c3ccoc3)CC2)cs1. The number of piperidine rings is 1. The molecule has 0 atom stereocenters. The van der Waals surface area contributed by atoms with E-state index >= 15 is 0 Å². The maximum atomic E-state index is 12.6. The fourth-order valence-electron chi connectivity index (χ4n) is 3.01. The zero-order valence-electron chi connectivity index (χ0n) is 13.9. The van der Waals surface area contributed by atoms with Crippen LogP contribution in [0.3, 0.4) is 0 Å². The summed E-state index contributed by atoms with van der Waals surface area (Å²) in [5, 5.41) is 3.00. The van der Waals surface area contributed by atoms with Crippen molar-refractivity contribution in [2.24, 2.45) is 5.92 Å². The highest BCUT2D eigenvalue weighted by Gasteiger charge is 2.29. The molecule has 1 aliphatic heterocycles. The number of furan rings is 1. The van der Waals surface area contributed by atoms with Crippen LogP contribution in [0.4, 0.5) is 0 Å². The standard InChI is InChI=1S/C17H21N3O3S/c1-12-18-15(11-24-12)9-19(2)16(21)13-3-6-20(7-4-13)17(22)14-5-8-23-10-14/h5,8,10-11,13H,3-4,6-7,9H2,1-2H3. The molecule has 24 heavy (non-hydrogen) atoms. The third kappa shape index (κ3) is 3.67. The first-order chi connectivity index (χ1) is 11.5. The van der Waals surface area contributed by atoms with Gasteiger partial charge in [-0.3, -0.25) is 9.59 Å². The normalized spacial score (nSPS) is 15.5. The van der Waals surface area contributed by atoms with Gasteiger partial charge in [0.2, 0.25) is 5.91 Å². The summed E-state index contributed by atoms with van der Waals surface area (Å²) in [6.45, 7) is 3.70. The average Bonchev–Trinajstić information content (AvgIpc) is 3.25. The molecule has 0 spiro atoms. The summed E-state index contributed by atoms with van der Waals surface area (Å²) in [4.78, 5) is 32.8. The summed E-state index contributed by atoms with van der Waals surface area (Å²) in [5.74, 6) is 0.0835. The quantitative estimate of drug-likeness (QED) is 0.852. The Kier molecular flexibility index (Phi) is 4.99. The zero-order valence-corrected chi connectivity index (χ0v) is 14.7. The van der Waals surface area contributed by atoms with E-state index in [0.717, 1.165) is 10.7 Å². The predicted octanol–water partition coefficient (Wildman–Crippen LogP) is 2.56. The molecule has 3 rings (SSSR count). The van der Waals surface area contributed by atoms with Crippen molar-refractivity contribution in [3.8, 4) is 0 Å². The molecule has 0 aromatic carbocycles. The number of amides is 2. The number of carbonyl (C=O) groups excluding carboxylic acids is 2. The lowest BCUT2D eigenvalue weighted by Crippen LogP contribution is -2.43. The fraction of sp³-hybridized carbons (Fsp3) is 0.471. The van der Waals surface area contributed by atoms with Gasteiger partial charge in [0.05, 0.1) is 29.1 Å². The first-order valence-electron chi connectivity index (χ1n) is 8.02. The molecular weight excluding hydrogens is 326 g/mol. The molecule has 1 fully saturated rings. The number of hydrogen-bond acceptors (Lipinski definition) is 5. The van der Waals surface area contributed by atoms with Gasteiger partial charge in [-0.1, -0.05) is 0 Å². The van der Waals surface area contributed by atoms with Crippen molar-refractivity contribution >= 4 is 23.2 Å². The van der Waals surface area contributed by atoms with Crippen LogP contribution in [0.25, 0.3) is 0 Å². The van der Waals surface area contributed by atoms with E-state index in [1.807, 2.05) is 19.4 Å². The van der Waals surface area contributed by atoms with Crippen molar-refractivity contribution in [3.63, 3.8) is 0 Å². The van der Waals surface area contributed by atoms with Crippen LogP contribution in [0.2, 0.25) is 0 Å². The van der Waals surface area contributed by atoms with Crippen molar-refractivity contribution in [1.29, 1.82) is 0 Å². The number of carbonyl (C=O) groups is 2. The van der Waals surface area contributed by atoms with E-state index in [-0.39, 0.29) is 17.7 Å². The Morgan fingerprint density at radius 1 is 1.42 bits per heavy atom. The Hall–Kier alpha value is -2.15. The van der Waals surface area contributed by atoms with Crippen LogP contribution in [0.15, 0.2) is 28.4 Å². The minimum atomic E-state index is -0.0269. The summed E-state index contributed by atoms with van der Waals surface area (Å²) >= 11 is 1.59. The minimum absolute atomic E-state index is 0.0249. The van der Waals surface area contributed by atoms with Crippen LogP contribution in [0.1, 0.15) is 33.9 Å². The second-order valence-electron chi connectivity index (χ2n) is 6.13. The summed E-state index contributed by atoms with van der Waals surface area (Å²) in [6.07, 6.45) is 4.35. The Labute approximate surface area is 145 Å². The van der Waals surface area contributed by atoms with Crippen molar-refractivity contribution in [2.45, 2.75) is 26.3 Å². The van der Waals surface area contributed by atoms with Gasteiger partial charge in [0.25, 0.3) is 5.91 Å². The Balaban J connectivity index is 1.52. The molecule has 2 aromatic rings. The van der Waals surface area contributed by atoms with E-state index in [9.17, 15) is 9.59 Å². The van der Waals surface area contributed by atoms with Gasteiger partial charge >= 0.3 is 0 Å². The van der Waals surface area contributed by atoms with E-state index in [2.05, 4.69) is 4.98 Å². The topological polar surface area (TPSA) is 66.7 Å². The third-order valence-corrected chi connectivity index (χ3v) is 5.16. The molecule has 0 radical (unpaired) electrons. The van der Waals surface area contributed by atoms with Gasteiger partial charge in [-0.2, -0.15) is 0 Å². The number of aromatic nitrogens is 1. The first kappa shape index (κ1) is 16.7. The highest BCUT2D eigenvalue weighted by Crippen LogP contribution is 2.22. The maximum Gasteiger partial charge on any atom is 0.257 e. The molecule has 128 valence electrons. The van der Waals surface area contributed by atoms with Crippen LogP contribution in [0, 0.1) is 12.8 Å². The predicted molar refractivity (Wildman–Crippen MR) is 90.7 cm³/mol. The number of rotatable bonds is 4. The highest BCUT2D eigenvalue weighted by atomic mass is 32.1. The molecule has 0 saturated carbocycles. The first-order valence-corrected chi connectivity index (χ1v) is 8.90. The van der Waals surface area contributed by atoms with Crippen LogP contribution in [0.5, 0.6) is 0 Å². The number of aryl methyl sites for hydroxylation is 1. The maximum absolute atomic E-state index is 12.6. The monoisotopic (exact) mass is 347 g/mol. The summed E-state index contributed by atoms with van der Waals surface area (Å²) in [5.41, 5.74) is 1.50. The Morgan fingerprint density at radius 2 is 2.17 bits per heavy atom. The van der Waals surface area contributed by atoms with E-state index in [4.69, 9.17) is 4.42 Å². The molecule has 2 amide bonds. The largest absolute Gasteiger partial charge is 0.472 e. The van der Waals surface area contributed by atoms with Gasteiger partial charge in [0.1, 0.15) is 6.26 Å². The molecule has 2 aromatic heterocycles. The van der Waals surface area contributed by atoms with Crippen molar-refractivity contribution in [2.75, 3.05) is 20.1 Å². The lowest BCUT2D eigenvalue weighted by atomic mass is 9.95. The van der Waals surface area contributed by atoms with Crippen LogP contribution >= 0.6 is 11.3 Å². The van der Waals surface area contributed by atoms with E-state index in [0.29, 0.717) is 38.0 Å². The molecule has 1 saturated heterocycles. The Bertz CT molecular complexity index is 702. The molecule has 3 heterocycles. The molecule has 0 aliphatic carbocycles. The number of thiazole rings is 1. The summed E-state index contributed by atoms with van der Waals surface area (Å²) in [7, 11) is 1.82. The van der Waals surface area contributed by atoms with E-state index < -0.39 is 0 Å². The minimum Gasteiger partial charge on any atom is -0.472 e. The average molecular weight is 347 g/mol. The van der Waals surface area contributed by atoms with Crippen molar-refractivity contribution in [3.05, 3.63) is 40.2 Å². The number of likely N-dealkylation sites (tertiary alicyclic amines) is 1. The second-order valence-corrected chi connectivity index (χ2v) is 7.19. The second kappa shape index (κ2) is 7.17. The van der Waals surface area contributed by atoms with Gasteiger partial charge < -0.3 is 14.2 Å².